The average molecular weight is 980 g/mol. The van der Waals surface area contributed by atoms with Crippen molar-refractivity contribution in [2.45, 2.75) is 185 Å². The summed E-state index contributed by atoms with van der Waals surface area (Å²) in [5.74, 6) is 0. The number of hydrogen-bond donors (Lipinski definition) is 0. The number of fused-ring (bicyclic) bond motifs is 4. The molecule has 0 aliphatic carbocycles. The monoisotopic (exact) mass is 980 g/mol. The van der Waals surface area contributed by atoms with Gasteiger partial charge in [0, 0.05) is 45.5 Å². The highest BCUT2D eigenvalue weighted by Gasteiger charge is 2.45. The van der Waals surface area contributed by atoms with E-state index in [1.54, 1.807) is 0 Å². The number of benzene rings is 7. The number of hydrogen-bond acceptors (Lipinski definition) is 3. The Morgan fingerprint density at radius 3 is 0.919 bits per heavy atom. The van der Waals surface area contributed by atoms with Crippen molar-refractivity contribution in [3.63, 3.8) is 0 Å². The molecule has 2 aliphatic rings. The Balaban J connectivity index is 1.53. The van der Waals surface area contributed by atoms with Crippen LogP contribution in [0.15, 0.2) is 121 Å². The van der Waals surface area contributed by atoms with Crippen LogP contribution in [0, 0.1) is 27.7 Å². The quantitative estimate of drug-likeness (QED) is 0.159. The molecule has 7 aromatic rings. The van der Waals surface area contributed by atoms with Gasteiger partial charge in [-0.3, -0.25) is 0 Å². The lowest BCUT2D eigenvalue weighted by Crippen LogP contribution is -2.61. The molecule has 2 aliphatic heterocycles. The zero-order valence-corrected chi connectivity index (χ0v) is 49.5. The molecule has 0 N–H and O–H groups in total. The van der Waals surface area contributed by atoms with Gasteiger partial charge in [0.25, 0.3) is 6.71 Å². The van der Waals surface area contributed by atoms with Crippen molar-refractivity contribution in [3.05, 3.63) is 177 Å². The minimum absolute atomic E-state index is 0.0340. The summed E-state index contributed by atoms with van der Waals surface area (Å²) in [5.41, 5.74) is 27.3. The van der Waals surface area contributed by atoms with Crippen LogP contribution in [0.3, 0.4) is 0 Å². The summed E-state index contributed by atoms with van der Waals surface area (Å²) in [4.78, 5) is 7.90. The molecule has 74 heavy (non-hydrogen) atoms. The van der Waals surface area contributed by atoms with Gasteiger partial charge in [-0.05, 0) is 193 Å². The topological polar surface area (TPSA) is 9.72 Å². The van der Waals surface area contributed by atoms with Crippen molar-refractivity contribution in [2.75, 3.05) is 14.7 Å². The maximum atomic E-state index is 2.64. The molecule has 0 saturated carbocycles. The fraction of sp³-hybridized carbons (Fsp3) is 0.400. The Bertz CT molecular complexity index is 3060. The van der Waals surface area contributed by atoms with Gasteiger partial charge in [0.05, 0.1) is 5.69 Å². The smallest absolute Gasteiger partial charge is 0.252 e. The van der Waals surface area contributed by atoms with E-state index in [9.17, 15) is 0 Å². The van der Waals surface area contributed by atoms with Crippen molar-refractivity contribution in [2.24, 2.45) is 0 Å². The van der Waals surface area contributed by atoms with Crippen molar-refractivity contribution in [3.8, 4) is 0 Å². The van der Waals surface area contributed by atoms with Crippen molar-refractivity contribution in [1.29, 1.82) is 0 Å². The Hall–Kier alpha value is -6.00. The lowest BCUT2D eigenvalue weighted by atomic mass is 9.33. The summed E-state index contributed by atoms with van der Waals surface area (Å²) >= 11 is 0. The number of rotatable bonds is 5. The van der Waals surface area contributed by atoms with Gasteiger partial charge < -0.3 is 14.7 Å². The van der Waals surface area contributed by atoms with Gasteiger partial charge in [-0.1, -0.05) is 185 Å². The van der Waals surface area contributed by atoms with Gasteiger partial charge in [-0.2, -0.15) is 0 Å². The van der Waals surface area contributed by atoms with Crippen LogP contribution in [0.5, 0.6) is 0 Å². The lowest BCUT2D eigenvalue weighted by Gasteiger charge is -2.46. The van der Waals surface area contributed by atoms with E-state index in [0.29, 0.717) is 0 Å². The van der Waals surface area contributed by atoms with Gasteiger partial charge in [-0.15, -0.1) is 0 Å². The summed E-state index contributed by atoms with van der Waals surface area (Å²) < 4.78 is 0. The third kappa shape index (κ3) is 9.65. The molecule has 0 aromatic heterocycles. The fourth-order valence-electron chi connectivity index (χ4n) is 11.2. The summed E-state index contributed by atoms with van der Waals surface area (Å²) in [6.45, 7) is 51.5. The maximum Gasteiger partial charge on any atom is 0.252 e. The van der Waals surface area contributed by atoms with Crippen LogP contribution >= 0.6 is 0 Å². The Kier molecular flexibility index (Phi) is 12.7. The predicted octanol–water partition coefficient (Wildman–Crippen LogP) is 18.3. The van der Waals surface area contributed by atoms with E-state index in [-0.39, 0.29) is 39.2 Å². The van der Waals surface area contributed by atoms with E-state index in [4.69, 9.17) is 0 Å². The molecule has 0 fully saturated rings. The summed E-state index contributed by atoms with van der Waals surface area (Å²) in [6.07, 6.45) is 0. The van der Waals surface area contributed by atoms with E-state index < -0.39 is 0 Å². The van der Waals surface area contributed by atoms with E-state index >= 15 is 0 Å². The molecule has 7 aromatic carbocycles. The molecule has 384 valence electrons. The zero-order chi connectivity index (χ0) is 54.2. The van der Waals surface area contributed by atoms with Crippen molar-refractivity contribution in [1.82, 2.24) is 0 Å². The summed E-state index contributed by atoms with van der Waals surface area (Å²) in [5, 5.41) is 0. The molecule has 0 spiro atoms. The van der Waals surface area contributed by atoms with Crippen LogP contribution in [-0.2, 0) is 32.5 Å². The Morgan fingerprint density at radius 2 is 0.608 bits per heavy atom. The first-order valence-electron chi connectivity index (χ1n) is 27.4. The highest BCUT2D eigenvalue weighted by molar-refractivity contribution is 7.00. The minimum atomic E-state index is -0.0925. The van der Waals surface area contributed by atoms with Gasteiger partial charge in [0.2, 0.25) is 0 Å². The predicted molar refractivity (Wildman–Crippen MR) is 326 cm³/mol. The van der Waals surface area contributed by atoms with E-state index in [2.05, 4.69) is 288 Å². The van der Waals surface area contributed by atoms with Crippen molar-refractivity contribution < 1.29 is 0 Å². The van der Waals surface area contributed by atoms with Gasteiger partial charge in [-0.25, -0.2) is 0 Å². The van der Waals surface area contributed by atoms with E-state index in [1.807, 2.05) is 0 Å². The van der Waals surface area contributed by atoms with Crippen LogP contribution in [0.25, 0.3) is 0 Å². The first kappa shape index (κ1) is 52.9. The third-order valence-electron chi connectivity index (χ3n) is 16.1. The molecule has 0 atom stereocenters. The molecular weight excluding hydrogens is 894 g/mol. The van der Waals surface area contributed by atoms with Crippen LogP contribution in [0.4, 0.5) is 51.2 Å². The normalized spacial score (nSPS) is 14.0. The maximum absolute atomic E-state index is 2.64. The van der Waals surface area contributed by atoms with Crippen LogP contribution in [0.1, 0.15) is 180 Å². The van der Waals surface area contributed by atoms with Crippen LogP contribution in [0.2, 0.25) is 0 Å². The molecule has 0 unspecified atom stereocenters. The van der Waals surface area contributed by atoms with E-state index in [1.165, 1.54) is 118 Å². The molecule has 0 amide bonds. The number of nitrogens with zero attached hydrogens (tertiary/aromatic N) is 3. The minimum Gasteiger partial charge on any atom is -0.311 e. The Labute approximate surface area is 448 Å². The van der Waals surface area contributed by atoms with Gasteiger partial charge in [0.1, 0.15) is 0 Å². The first-order valence-corrected chi connectivity index (χ1v) is 27.4. The molecule has 0 bridgehead atoms. The molecule has 4 heteroatoms. The molecule has 3 nitrogen and oxygen atoms in total. The third-order valence-corrected chi connectivity index (χ3v) is 16.1. The summed E-state index contributed by atoms with van der Waals surface area (Å²) in [7, 11) is 0. The molecule has 0 radical (unpaired) electrons. The number of aryl methyl sites for hydroxylation is 4. The van der Waals surface area contributed by atoms with Crippen molar-refractivity contribution >= 4 is 74.3 Å². The summed E-state index contributed by atoms with van der Waals surface area (Å²) in [6, 6.07) is 48.8. The average Bonchev–Trinajstić information content (AvgIpc) is 3.28. The number of anilines is 9. The second-order valence-corrected chi connectivity index (χ2v) is 28.5. The van der Waals surface area contributed by atoms with Gasteiger partial charge >= 0.3 is 0 Å². The SMILES string of the molecule is Cc1ccc(C)c(N2c3ccc(C(C)(C)C)cc3B3c4cc(C(C)(C)C)ccc4N(c4cc(C)ccc4C)c4cc(N(c5cc(C(C)(C)C)cc(C(C)(C)C)c5)c5cc(C(C)(C)C)cc(C(C)(C)C)c5)cc2c43)c1. The molecule has 2 heterocycles. The second-order valence-electron chi connectivity index (χ2n) is 28.5. The van der Waals surface area contributed by atoms with E-state index in [0.717, 1.165) is 5.69 Å². The molecule has 0 saturated heterocycles. The zero-order valence-electron chi connectivity index (χ0n) is 49.5. The largest absolute Gasteiger partial charge is 0.311 e. The Morgan fingerprint density at radius 1 is 0.297 bits per heavy atom. The van der Waals surface area contributed by atoms with Gasteiger partial charge in [0.15, 0.2) is 0 Å². The lowest BCUT2D eigenvalue weighted by molar-refractivity contribution is 0.568. The second kappa shape index (κ2) is 17.8. The molecule has 9 rings (SSSR count). The standard InChI is InChI=1S/C70H86BN3/c1-43-23-25-45(3)60(31-43)73-58-29-27-47(65(5,6)7)39-56(58)71-57-40-48(66(8,9)10)28-30-59(57)74(61-32-44(2)24-26-46(61)4)63-42-55(41-62(73)64(63)71)72(53-35-49(67(11,12)13)33-50(36-53)68(14,15)16)54-37-51(69(17,18)19)34-52(38-54)70(20,21)22/h23-42H,1-22H3. The highest BCUT2D eigenvalue weighted by atomic mass is 15.2. The first-order chi connectivity index (χ1) is 34.1. The fourth-order valence-corrected chi connectivity index (χ4v) is 11.2. The molecular formula is C70H86BN3. The van der Waals surface area contributed by atoms with Crippen LogP contribution < -0.4 is 31.1 Å². The highest BCUT2D eigenvalue weighted by Crippen LogP contribution is 2.51. The van der Waals surface area contributed by atoms with Crippen LogP contribution in [-0.4, -0.2) is 6.71 Å².